The van der Waals surface area contributed by atoms with E-state index in [9.17, 15) is 4.79 Å². The molecule has 2 atom stereocenters. The maximum absolute atomic E-state index is 10.2. The van der Waals surface area contributed by atoms with E-state index in [4.69, 9.17) is 9.84 Å². The molecular weight excluding hydrogens is 132 g/mol. The molecule has 1 fully saturated rings. The molecule has 0 bridgehead atoms. The monoisotopic (exact) mass is 144 g/mol. The molecule has 10 heavy (non-hydrogen) atoms. The van der Waals surface area contributed by atoms with Crippen LogP contribution in [-0.2, 0) is 9.53 Å². The van der Waals surface area contributed by atoms with Crippen LogP contribution in [0.5, 0.6) is 0 Å². The number of hydrogen-bond acceptors (Lipinski definition) is 2. The summed E-state index contributed by atoms with van der Waals surface area (Å²) in [5, 5.41) is 8.41. The summed E-state index contributed by atoms with van der Waals surface area (Å²) in [7, 11) is 0. The van der Waals surface area contributed by atoms with Crippen molar-refractivity contribution in [2.75, 3.05) is 6.61 Å². The molecule has 0 aromatic rings. The molecule has 0 aromatic carbocycles. The van der Waals surface area contributed by atoms with Gasteiger partial charge in [-0.2, -0.15) is 0 Å². The van der Waals surface area contributed by atoms with Gasteiger partial charge in [0, 0.05) is 5.92 Å². The first-order chi connectivity index (χ1) is 4.74. The third-order valence-corrected chi connectivity index (χ3v) is 1.89. The maximum atomic E-state index is 10.2. The van der Waals surface area contributed by atoms with Gasteiger partial charge in [-0.3, -0.25) is 4.79 Å². The normalized spacial score (nSPS) is 31.3. The first-order valence-electron chi connectivity index (χ1n) is 3.57. The van der Waals surface area contributed by atoms with Crippen LogP contribution in [0.3, 0.4) is 0 Å². The molecule has 1 saturated heterocycles. The molecule has 0 radical (unpaired) electrons. The topological polar surface area (TPSA) is 46.5 Å². The van der Waals surface area contributed by atoms with Crippen LogP contribution in [0.4, 0.5) is 0 Å². The first-order valence-corrected chi connectivity index (χ1v) is 3.57. The van der Waals surface area contributed by atoms with Crippen molar-refractivity contribution in [1.29, 1.82) is 0 Å². The second-order valence-corrected chi connectivity index (χ2v) is 2.64. The van der Waals surface area contributed by atoms with Crippen molar-refractivity contribution in [1.82, 2.24) is 0 Å². The summed E-state index contributed by atoms with van der Waals surface area (Å²) in [6.07, 6.45) is 1.40. The fourth-order valence-electron chi connectivity index (χ4n) is 1.23. The Bertz CT molecular complexity index is 131. The van der Waals surface area contributed by atoms with E-state index in [1.807, 2.05) is 6.92 Å². The van der Waals surface area contributed by atoms with E-state index in [2.05, 4.69) is 0 Å². The Hall–Kier alpha value is -0.570. The van der Waals surface area contributed by atoms with E-state index in [0.29, 0.717) is 6.61 Å². The summed E-state index contributed by atoms with van der Waals surface area (Å²) >= 11 is 0. The molecule has 1 rings (SSSR count). The third-order valence-electron chi connectivity index (χ3n) is 1.89. The van der Waals surface area contributed by atoms with Gasteiger partial charge in [-0.25, -0.2) is 0 Å². The number of aliphatic carboxylic acids is 1. The third kappa shape index (κ3) is 1.48. The first kappa shape index (κ1) is 7.54. The predicted octanol–water partition coefficient (Wildman–Crippen LogP) is 0.886. The minimum atomic E-state index is -0.716. The highest BCUT2D eigenvalue weighted by molar-refractivity contribution is 5.67. The summed E-state index contributed by atoms with van der Waals surface area (Å²) in [5.74, 6) is -0.450. The fourth-order valence-corrected chi connectivity index (χ4v) is 1.23. The van der Waals surface area contributed by atoms with Crippen LogP contribution in [0, 0.1) is 5.92 Å². The van der Waals surface area contributed by atoms with Gasteiger partial charge in [-0.15, -0.1) is 0 Å². The maximum Gasteiger partial charge on any atom is 0.303 e. The lowest BCUT2D eigenvalue weighted by atomic mass is 9.93. The SMILES string of the molecule is CCC1OCC1CC(=O)O. The Morgan fingerprint density at radius 1 is 1.80 bits per heavy atom. The largest absolute Gasteiger partial charge is 0.481 e. The molecule has 1 aliphatic rings. The van der Waals surface area contributed by atoms with Crippen molar-refractivity contribution >= 4 is 5.97 Å². The highest BCUT2D eigenvalue weighted by Gasteiger charge is 2.31. The lowest BCUT2D eigenvalue weighted by molar-refractivity contribution is -0.152. The molecule has 58 valence electrons. The summed E-state index contributed by atoms with van der Waals surface area (Å²) in [6.45, 7) is 2.64. The van der Waals surface area contributed by atoms with E-state index < -0.39 is 5.97 Å². The second-order valence-electron chi connectivity index (χ2n) is 2.64. The van der Waals surface area contributed by atoms with Crippen LogP contribution < -0.4 is 0 Å². The molecule has 1 N–H and O–H groups in total. The van der Waals surface area contributed by atoms with Gasteiger partial charge in [0.2, 0.25) is 0 Å². The summed E-state index contributed by atoms with van der Waals surface area (Å²) in [4.78, 5) is 10.2. The van der Waals surface area contributed by atoms with Gasteiger partial charge in [0.05, 0.1) is 19.1 Å². The standard InChI is InChI=1S/C7H12O3/c1-2-6-5(4-10-6)3-7(8)9/h5-6H,2-4H2,1H3,(H,8,9). The van der Waals surface area contributed by atoms with Crippen molar-refractivity contribution < 1.29 is 14.6 Å². The van der Waals surface area contributed by atoms with Gasteiger partial charge in [-0.1, -0.05) is 6.92 Å². The Morgan fingerprint density at radius 2 is 2.50 bits per heavy atom. The van der Waals surface area contributed by atoms with Crippen molar-refractivity contribution in [2.24, 2.45) is 5.92 Å². The Labute approximate surface area is 60.0 Å². The average Bonchev–Trinajstić information content (AvgIpc) is 1.82. The molecule has 2 unspecified atom stereocenters. The zero-order chi connectivity index (χ0) is 7.56. The minimum absolute atomic E-state index is 0.205. The zero-order valence-electron chi connectivity index (χ0n) is 6.04. The van der Waals surface area contributed by atoms with Gasteiger partial charge in [0.1, 0.15) is 0 Å². The molecular formula is C7H12O3. The van der Waals surface area contributed by atoms with E-state index in [1.54, 1.807) is 0 Å². The molecule has 3 nitrogen and oxygen atoms in total. The number of carboxylic acids is 1. The highest BCUT2D eigenvalue weighted by Crippen LogP contribution is 2.25. The predicted molar refractivity (Wildman–Crippen MR) is 35.8 cm³/mol. The molecule has 0 saturated carbocycles. The van der Waals surface area contributed by atoms with Gasteiger partial charge in [-0.05, 0) is 6.42 Å². The van der Waals surface area contributed by atoms with Crippen LogP contribution in [0.15, 0.2) is 0 Å². The number of rotatable bonds is 3. The average molecular weight is 144 g/mol. The number of carboxylic acid groups (broad SMARTS) is 1. The smallest absolute Gasteiger partial charge is 0.303 e. The number of carbonyl (C=O) groups is 1. The molecule has 1 aliphatic heterocycles. The van der Waals surface area contributed by atoms with Crippen molar-refractivity contribution in [3.8, 4) is 0 Å². The van der Waals surface area contributed by atoms with Crippen molar-refractivity contribution in [3.05, 3.63) is 0 Å². The second kappa shape index (κ2) is 3.01. The molecule has 1 heterocycles. The summed E-state index contributed by atoms with van der Waals surface area (Å²) < 4.78 is 5.13. The van der Waals surface area contributed by atoms with Gasteiger partial charge < -0.3 is 9.84 Å². The van der Waals surface area contributed by atoms with Crippen LogP contribution in [0.1, 0.15) is 19.8 Å². The quantitative estimate of drug-likeness (QED) is 0.639. The lowest BCUT2D eigenvalue weighted by Crippen LogP contribution is -2.40. The van der Waals surface area contributed by atoms with Crippen molar-refractivity contribution in [3.63, 3.8) is 0 Å². The van der Waals surface area contributed by atoms with E-state index in [0.717, 1.165) is 6.42 Å². The Morgan fingerprint density at radius 3 is 2.80 bits per heavy atom. The van der Waals surface area contributed by atoms with Crippen LogP contribution >= 0.6 is 0 Å². The van der Waals surface area contributed by atoms with Gasteiger partial charge in [0.25, 0.3) is 0 Å². The molecule has 0 amide bonds. The lowest BCUT2D eigenvalue weighted by Gasteiger charge is -2.35. The van der Waals surface area contributed by atoms with Crippen molar-refractivity contribution in [2.45, 2.75) is 25.9 Å². The number of hydrogen-bond donors (Lipinski definition) is 1. The fraction of sp³-hybridized carbons (Fsp3) is 0.857. The van der Waals surface area contributed by atoms with Gasteiger partial charge in [0.15, 0.2) is 0 Å². The molecule has 0 aliphatic carbocycles. The summed E-state index contributed by atoms with van der Waals surface area (Å²) in [6, 6.07) is 0. The Balaban J connectivity index is 2.23. The molecule has 3 heteroatoms. The summed E-state index contributed by atoms with van der Waals surface area (Å²) in [5.41, 5.74) is 0. The van der Waals surface area contributed by atoms with E-state index in [-0.39, 0.29) is 18.4 Å². The molecule has 0 aromatic heterocycles. The van der Waals surface area contributed by atoms with Crippen LogP contribution in [0.25, 0.3) is 0 Å². The highest BCUT2D eigenvalue weighted by atomic mass is 16.5. The zero-order valence-corrected chi connectivity index (χ0v) is 6.04. The number of ether oxygens (including phenoxy) is 1. The van der Waals surface area contributed by atoms with E-state index >= 15 is 0 Å². The Kier molecular flexibility index (Phi) is 2.27. The van der Waals surface area contributed by atoms with Gasteiger partial charge >= 0.3 is 5.97 Å². The van der Waals surface area contributed by atoms with E-state index in [1.165, 1.54) is 0 Å². The molecule has 0 spiro atoms. The minimum Gasteiger partial charge on any atom is -0.481 e. The van der Waals surface area contributed by atoms with Crippen LogP contribution in [0.2, 0.25) is 0 Å². The van der Waals surface area contributed by atoms with Crippen LogP contribution in [-0.4, -0.2) is 23.8 Å².